The number of urea groups is 1. The standard InChI is InChI=1S/C19H21N3O2S/c1-12(2)14-6-8-15(9-7-14)18(16-5-4-10-25-16)21-19(23)20-17-11-13(3)24-22-17/h4-12,18H,1-3H3,(H2,20,21,22,23). The third kappa shape index (κ3) is 4.28. The summed E-state index contributed by atoms with van der Waals surface area (Å²) in [6, 6.07) is 13.5. The summed E-state index contributed by atoms with van der Waals surface area (Å²) in [5, 5.41) is 11.5. The van der Waals surface area contributed by atoms with E-state index in [0.717, 1.165) is 10.4 Å². The lowest BCUT2D eigenvalue weighted by molar-refractivity contribution is 0.250. The zero-order valence-corrected chi connectivity index (χ0v) is 15.3. The average Bonchev–Trinajstić information content (AvgIpc) is 3.25. The van der Waals surface area contributed by atoms with Gasteiger partial charge in [-0.05, 0) is 35.4 Å². The number of aromatic nitrogens is 1. The van der Waals surface area contributed by atoms with Gasteiger partial charge >= 0.3 is 6.03 Å². The molecule has 0 aliphatic heterocycles. The van der Waals surface area contributed by atoms with E-state index in [-0.39, 0.29) is 12.1 Å². The molecule has 1 atom stereocenters. The lowest BCUT2D eigenvalue weighted by Crippen LogP contribution is -2.32. The minimum Gasteiger partial charge on any atom is -0.360 e. The van der Waals surface area contributed by atoms with E-state index < -0.39 is 0 Å². The average molecular weight is 355 g/mol. The molecular weight excluding hydrogens is 334 g/mol. The van der Waals surface area contributed by atoms with Crippen LogP contribution in [0.2, 0.25) is 0 Å². The number of rotatable bonds is 5. The van der Waals surface area contributed by atoms with Crippen LogP contribution in [0.15, 0.2) is 52.4 Å². The molecule has 0 saturated heterocycles. The van der Waals surface area contributed by atoms with Crippen molar-refractivity contribution >= 4 is 23.2 Å². The summed E-state index contributed by atoms with van der Waals surface area (Å²) < 4.78 is 4.97. The maximum atomic E-state index is 12.4. The molecule has 5 nitrogen and oxygen atoms in total. The zero-order chi connectivity index (χ0) is 17.8. The zero-order valence-electron chi connectivity index (χ0n) is 14.4. The molecule has 130 valence electrons. The second kappa shape index (κ2) is 7.53. The van der Waals surface area contributed by atoms with Crippen LogP contribution >= 0.6 is 11.3 Å². The van der Waals surface area contributed by atoms with E-state index in [9.17, 15) is 4.79 Å². The van der Waals surface area contributed by atoms with Crippen LogP contribution in [0.4, 0.5) is 10.6 Å². The van der Waals surface area contributed by atoms with E-state index in [1.165, 1.54) is 5.56 Å². The number of nitrogens with zero attached hydrogens (tertiary/aromatic N) is 1. The first-order valence-electron chi connectivity index (χ1n) is 8.17. The molecule has 1 aromatic carbocycles. The molecule has 6 heteroatoms. The highest BCUT2D eigenvalue weighted by Gasteiger charge is 2.19. The first-order valence-corrected chi connectivity index (χ1v) is 9.05. The van der Waals surface area contributed by atoms with Crippen molar-refractivity contribution in [3.05, 3.63) is 69.6 Å². The predicted octanol–water partition coefficient (Wildman–Crippen LogP) is 5.08. The third-order valence-corrected chi connectivity index (χ3v) is 4.85. The number of anilines is 1. The van der Waals surface area contributed by atoms with Crippen LogP contribution in [0.1, 0.15) is 47.6 Å². The van der Waals surface area contributed by atoms with E-state index in [1.54, 1.807) is 24.3 Å². The van der Waals surface area contributed by atoms with Crippen LogP contribution in [-0.4, -0.2) is 11.2 Å². The Morgan fingerprint density at radius 2 is 1.88 bits per heavy atom. The lowest BCUT2D eigenvalue weighted by Gasteiger charge is -2.19. The van der Waals surface area contributed by atoms with Gasteiger partial charge in [0.2, 0.25) is 0 Å². The van der Waals surface area contributed by atoms with Crippen LogP contribution in [-0.2, 0) is 0 Å². The van der Waals surface area contributed by atoms with E-state index in [4.69, 9.17) is 4.52 Å². The minimum atomic E-state index is -0.320. The Morgan fingerprint density at radius 3 is 2.44 bits per heavy atom. The van der Waals surface area contributed by atoms with Gasteiger partial charge in [-0.3, -0.25) is 5.32 Å². The first-order chi connectivity index (χ1) is 12.0. The number of amides is 2. The van der Waals surface area contributed by atoms with Gasteiger partial charge in [0.25, 0.3) is 0 Å². The Labute approximate surface area is 151 Å². The number of hydrogen-bond donors (Lipinski definition) is 2. The topological polar surface area (TPSA) is 67.2 Å². The molecule has 0 radical (unpaired) electrons. The van der Waals surface area contributed by atoms with Gasteiger partial charge in [0, 0.05) is 10.9 Å². The molecule has 0 fully saturated rings. The molecule has 3 aromatic rings. The maximum absolute atomic E-state index is 12.4. The lowest BCUT2D eigenvalue weighted by atomic mass is 9.98. The summed E-state index contributed by atoms with van der Waals surface area (Å²) in [6.07, 6.45) is 0. The molecule has 2 amide bonds. The fraction of sp³-hybridized carbons (Fsp3) is 0.263. The summed E-state index contributed by atoms with van der Waals surface area (Å²) in [4.78, 5) is 13.4. The highest BCUT2D eigenvalue weighted by atomic mass is 32.1. The van der Waals surface area contributed by atoms with Gasteiger partial charge in [-0.2, -0.15) is 0 Å². The molecule has 1 unspecified atom stereocenters. The number of thiophene rings is 1. The Balaban J connectivity index is 1.79. The summed E-state index contributed by atoms with van der Waals surface area (Å²) in [5.74, 6) is 1.52. The molecule has 2 heterocycles. The molecule has 2 N–H and O–H groups in total. The Morgan fingerprint density at radius 1 is 1.16 bits per heavy atom. The second-order valence-corrected chi connectivity index (χ2v) is 7.17. The number of carbonyl (C=O) groups is 1. The van der Waals surface area contributed by atoms with Crippen molar-refractivity contribution in [2.75, 3.05) is 5.32 Å². The SMILES string of the molecule is Cc1cc(NC(=O)NC(c2ccc(C(C)C)cc2)c2cccs2)no1. The summed E-state index contributed by atoms with van der Waals surface area (Å²) >= 11 is 1.61. The molecule has 2 aromatic heterocycles. The van der Waals surface area contributed by atoms with Crippen molar-refractivity contribution in [3.8, 4) is 0 Å². The Kier molecular flexibility index (Phi) is 5.19. The van der Waals surface area contributed by atoms with Crippen LogP contribution < -0.4 is 10.6 Å². The number of benzene rings is 1. The van der Waals surface area contributed by atoms with Gasteiger partial charge in [-0.25, -0.2) is 4.79 Å². The van der Waals surface area contributed by atoms with Gasteiger partial charge in [-0.15, -0.1) is 11.3 Å². The van der Waals surface area contributed by atoms with Crippen molar-refractivity contribution in [1.29, 1.82) is 0 Å². The van der Waals surface area contributed by atoms with Gasteiger partial charge in [0.05, 0.1) is 6.04 Å². The molecule has 0 aliphatic rings. The number of carbonyl (C=O) groups excluding carboxylic acids is 1. The highest BCUT2D eigenvalue weighted by Crippen LogP contribution is 2.27. The number of nitrogens with one attached hydrogen (secondary N) is 2. The normalized spacial score (nSPS) is 12.2. The monoisotopic (exact) mass is 355 g/mol. The Hall–Kier alpha value is -2.60. The molecule has 0 bridgehead atoms. The third-order valence-electron chi connectivity index (χ3n) is 3.91. The summed E-state index contributed by atoms with van der Waals surface area (Å²) in [5.41, 5.74) is 2.31. The molecule has 25 heavy (non-hydrogen) atoms. The van der Waals surface area contributed by atoms with Crippen molar-refractivity contribution in [2.45, 2.75) is 32.7 Å². The number of aryl methyl sites for hydroxylation is 1. The van der Waals surface area contributed by atoms with Crippen LogP contribution in [0.25, 0.3) is 0 Å². The largest absolute Gasteiger partial charge is 0.360 e. The van der Waals surface area contributed by atoms with E-state index in [2.05, 4.69) is 53.9 Å². The van der Waals surface area contributed by atoms with Crippen LogP contribution in [0.5, 0.6) is 0 Å². The molecular formula is C19H21N3O2S. The number of hydrogen-bond acceptors (Lipinski definition) is 4. The minimum absolute atomic E-state index is 0.214. The fourth-order valence-corrected chi connectivity index (χ4v) is 3.36. The maximum Gasteiger partial charge on any atom is 0.321 e. The molecule has 0 saturated carbocycles. The van der Waals surface area contributed by atoms with Gasteiger partial charge in [0.1, 0.15) is 5.76 Å². The van der Waals surface area contributed by atoms with Gasteiger partial charge < -0.3 is 9.84 Å². The first kappa shape index (κ1) is 17.2. The fourth-order valence-electron chi connectivity index (χ4n) is 2.56. The van der Waals surface area contributed by atoms with Crippen molar-refractivity contribution in [1.82, 2.24) is 10.5 Å². The van der Waals surface area contributed by atoms with Gasteiger partial charge in [-0.1, -0.05) is 49.3 Å². The second-order valence-electron chi connectivity index (χ2n) is 6.19. The van der Waals surface area contributed by atoms with E-state index in [1.807, 2.05) is 17.5 Å². The van der Waals surface area contributed by atoms with E-state index in [0.29, 0.717) is 17.5 Å². The summed E-state index contributed by atoms with van der Waals surface area (Å²) in [6.45, 7) is 6.11. The molecule has 3 rings (SSSR count). The summed E-state index contributed by atoms with van der Waals surface area (Å²) in [7, 11) is 0. The van der Waals surface area contributed by atoms with Crippen LogP contribution in [0, 0.1) is 6.92 Å². The van der Waals surface area contributed by atoms with Gasteiger partial charge in [0.15, 0.2) is 5.82 Å². The van der Waals surface area contributed by atoms with Crippen LogP contribution in [0.3, 0.4) is 0 Å². The highest BCUT2D eigenvalue weighted by molar-refractivity contribution is 7.10. The van der Waals surface area contributed by atoms with Crippen molar-refractivity contribution < 1.29 is 9.32 Å². The van der Waals surface area contributed by atoms with E-state index >= 15 is 0 Å². The smallest absolute Gasteiger partial charge is 0.321 e. The molecule has 0 spiro atoms. The predicted molar refractivity (Wildman–Crippen MR) is 100 cm³/mol. The van der Waals surface area contributed by atoms with Crippen molar-refractivity contribution in [2.24, 2.45) is 0 Å². The quantitative estimate of drug-likeness (QED) is 0.671. The van der Waals surface area contributed by atoms with Crippen molar-refractivity contribution in [3.63, 3.8) is 0 Å². The molecule has 0 aliphatic carbocycles. The Bertz CT molecular complexity index is 823.